The predicted octanol–water partition coefficient (Wildman–Crippen LogP) is 0.501. The summed E-state index contributed by atoms with van der Waals surface area (Å²) in [5.74, 6) is -0.472. The van der Waals surface area contributed by atoms with E-state index >= 15 is 0 Å². The van der Waals surface area contributed by atoms with Crippen LogP contribution in [-0.4, -0.2) is 38.4 Å². The highest BCUT2D eigenvalue weighted by Crippen LogP contribution is 2.01. The molecular formula is C9H18O5. The van der Waals surface area contributed by atoms with Crippen LogP contribution in [0.2, 0.25) is 0 Å². The molecule has 5 heteroatoms. The van der Waals surface area contributed by atoms with Crippen molar-refractivity contribution in [2.45, 2.75) is 25.7 Å². The molecule has 0 spiro atoms. The lowest BCUT2D eigenvalue weighted by Crippen LogP contribution is -2.02. The van der Waals surface area contributed by atoms with Crippen molar-refractivity contribution >= 4 is 11.9 Å². The summed E-state index contributed by atoms with van der Waals surface area (Å²) in [5, 5.41) is 7.00. The fraction of sp³-hybridized carbons (Fsp3) is 0.778. The molecule has 0 amide bonds. The van der Waals surface area contributed by atoms with Gasteiger partial charge in [0.1, 0.15) is 0 Å². The van der Waals surface area contributed by atoms with Gasteiger partial charge >= 0.3 is 11.9 Å². The summed E-state index contributed by atoms with van der Waals surface area (Å²) >= 11 is 0. The molecule has 1 N–H and O–H groups in total. The van der Waals surface area contributed by atoms with E-state index in [4.69, 9.17) is 5.11 Å². The molecule has 0 fully saturated rings. The minimum atomic E-state index is -0.236. The third-order valence-electron chi connectivity index (χ3n) is 1.47. The van der Waals surface area contributed by atoms with Crippen molar-refractivity contribution < 1.29 is 24.2 Å². The van der Waals surface area contributed by atoms with Crippen molar-refractivity contribution in [1.29, 1.82) is 0 Å². The highest BCUT2D eigenvalue weighted by molar-refractivity contribution is 5.70. The Balaban J connectivity index is 0. The highest BCUT2D eigenvalue weighted by Gasteiger charge is 2.02. The Kier molecular flexibility index (Phi) is 13.1. The molecule has 0 saturated carbocycles. The van der Waals surface area contributed by atoms with Crippen molar-refractivity contribution in [3.05, 3.63) is 0 Å². The number of methoxy groups -OCH3 is 2. The number of rotatable bonds is 5. The van der Waals surface area contributed by atoms with Gasteiger partial charge in [-0.15, -0.1) is 0 Å². The quantitative estimate of drug-likeness (QED) is 0.524. The summed E-state index contributed by atoms with van der Waals surface area (Å²) in [6.07, 6.45) is 2.07. The van der Waals surface area contributed by atoms with Crippen LogP contribution in [0, 0.1) is 0 Å². The van der Waals surface area contributed by atoms with Gasteiger partial charge in [0.05, 0.1) is 14.2 Å². The smallest absolute Gasteiger partial charge is 0.305 e. The molecule has 5 nitrogen and oxygen atoms in total. The van der Waals surface area contributed by atoms with Crippen molar-refractivity contribution in [3.63, 3.8) is 0 Å². The zero-order valence-electron chi connectivity index (χ0n) is 8.91. The summed E-state index contributed by atoms with van der Waals surface area (Å²) in [4.78, 5) is 21.2. The Morgan fingerprint density at radius 1 is 0.929 bits per heavy atom. The first-order valence-electron chi connectivity index (χ1n) is 4.29. The molecule has 0 aliphatic heterocycles. The van der Waals surface area contributed by atoms with Gasteiger partial charge in [0.2, 0.25) is 0 Å². The van der Waals surface area contributed by atoms with Gasteiger partial charge in [-0.1, -0.05) is 0 Å². The summed E-state index contributed by atoms with van der Waals surface area (Å²) in [7, 11) is 3.70. The summed E-state index contributed by atoms with van der Waals surface area (Å²) in [6.45, 7) is 0. The van der Waals surface area contributed by atoms with E-state index in [1.54, 1.807) is 0 Å². The Morgan fingerprint density at radius 3 is 1.43 bits per heavy atom. The second kappa shape index (κ2) is 11.9. The molecule has 0 rings (SSSR count). The molecular weight excluding hydrogens is 188 g/mol. The highest BCUT2D eigenvalue weighted by atomic mass is 16.5. The number of ether oxygens (including phenoxy) is 2. The molecule has 0 unspecified atom stereocenters. The molecule has 0 aliphatic rings. The number of aliphatic hydroxyl groups excluding tert-OH is 1. The number of aliphatic hydroxyl groups is 1. The van der Waals surface area contributed by atoms with Crippen LogP contribution < -0.4 is 0 Å². The molecule has 84 valence electrons. The van der Waals surface area contributed by atoms with Crippen molar-refractivity contribution in [1.82, 2.24) is 0 Å². The van der Waals surface area contributed by atoms with Crippen LogP contribution in [0.15, 0.2) is 0 Å². The second-order valence-electron chi connectivity index (χ2n) is 2.36. The fourth-order valence-corrected chi connectivity index (χ4v) is 0.743. The zero-order chi connectivity index (χ0) is 11.4. The van der Waals surface area contributed by atoms with Crippen molar-refractivity contribution in [3.8, 4) is 0 Å². The first-order chi connectivity index (χ1) is 6.70. The van der Waals surface area contributed by atoms with Gasteiger partial charge < -0.3 is 14.6 Å². The summed E-state index contributed by atoms with van der Waals surface area (Å²) in [6, 6.07) is 0. The maximum atomic E-state index is 10.6. The molecule has 0 heterocycles. The monoisotopic (exact) mass is 206 g/mol. The molecule has 0 atom stereocenters. The third kappa shape index (κ3) is 10.9. The van der Waals surface area contributed by atoms with Gasteiger partial charge in [-0.3, -0.25) is 9.59 Å². The lowest BCUT2D eigenvalue weighted by Gasteiger charge is -1.98. The third-order valence-corrected chi connectivity index (χ3v) is 1.47. The normalized spacial score (nSPS) is 8.29. The average molecular weight is 206 g/mol. The van der Waals surface area contributed by atoms with Gasteiger partial charge in [-0.2, -0.15) is 0 Å². The van der Waals surface area contributed by atoms with Crippen molar-refractivity contribution in [2.24, 2.45) is 0 Å². The minimum Gasteiger partial charge on any atom is -0.469 e. The Labute approximate surface area is 84.0 Å². The van der Waals surface area contributed by atoms with Gasteiger partial charge in [-0.05, 0) is 12.8 Å². The van der Waals surface area contributed by atoms with Crippen LogP contribution >= 0.6 is 0 Å². The first-order valence-corrected chi connectivity index (χ1v) is 4.29. The molecule has 0 aromatic rings. The summed E-state index contributed by atoms with van der Waals surface area (Å²) in [5.41, 5.74) is 0. The van der Waals surface area contributed by atoms with E-state index in [0.717, 1.165) is 7.11 Å². The maximum absolute atomic E-state index is 10.6. The first kappa shape index (κ1) is 15.4. The Hall–Kier alpha value is -1.10. The average Bonchev–Trinajstić information content (AvgIpc) is 2.26. The van der Waals surface area contributed by atoms with Crippen LogP contribution in [-0.2, 0) is 19.1 Å². The van der Waals surface area contributed by atoms with Crippen LogP contribution in [0.1, 0.15) is 25.7 Å². The SMILES string of the molecule is CO.COC(=O)CCCCC(=O)OC. The van der Waals surface area contributed by atoms with Crippen LogP contribution in [0.3, 0.4) is 0 Å². The van der Waals surface area contributed by atoms with E-state index in [-0.39, 0.29) is 11.9 Å². The molecule has 0 aromatic carbocycles. The Morgan fingerprint density at radius 2 is 1.21 bits per heavy atom. The molecule has 0 aromatic heterocycles. The lowest BCUT2D eigenvalue weighted by molar-refractivity contribution is -0.142. The van der Waals surface area contributed by atoms with Crippen LogP contribution in [0.5, 0.6) is 0 Å². The molecule has 0 saturated heterocycles. The topological polar surface area (TPSA) is 72.8 Å². The number of unbranched alkanes of at least 4 members (excludes halogenated alkanes) is 1. The predicted molar refractivity (Wildman–Crippen MR) is 50.6 cm³/mol. The molecule has 0 aliphatic carbocycles. The zero-order valence-corrected chi connectivity index (χ0v) is 8.91. The molecule has 14 heavy (non-hydrogen) atoms. The molecule has 0 radical (unpaired) electrons. The minimum absolute atomic E-state index is 0.236. The van der Waals surface area contributed by atoms with E-state index in [0.29, 0.717) is 25.7 Å². The number of esters is 2. The fourth-order valence-electron chi connectivity index (χ4n) is 0.743. The van der Waals surface area contributed by atoms with E-state index in [9.17, 15) is 9.59 Å². The van der Waals surface area contributed by atoms with Gasteiger partial charge in [0.15, 0.2) is 0 Å². The maximum Gasteiger partial charge on any atom is 0.305 e. The van der Waals surface area contributed by atoms with Crippen LogP contribution in [0.4, 0.5) is 0 Å². The Bertz CT molecular complexity index is 137. The van der Waals surface area contributed by atoms with Gasteiger partial charge in [0.25, 0.3) is 0 Å². The molecule has 0 bridgehead atoms. The van der Waals surface area contributed by atoms with E-state index < -0.39 is 0 Å². The van der Waals surface area contributed by atoms with E-state index in [1.807, 2.05) is 0 Å². The van der Waals surface area contributed by atoms with Crippen LogP contribution in [0.25, 0.3) is 0 Å². The largest absolute Gasteiger partial charge is 0.469 e. The summed E-state index contributed by atoms with van der Waals surface area (Å²) < 4.78 is 8.86. The van der Waals surface area contributed by atoms with Gasteiger partial charge in [-0.25, -0.2) is 0 Å². The van der Waals surface area contributed by atoms with Crippen molar-refractivity contribution in [2.75, 3.05) is 21.3 Å². The second-order valence-corrected chi connectivity index (χ2v) is 2.36. The van der Waals surface area contributed by atoms with E-state index in [2.05, 4.69) is 9.47 Å². The number of hydrogen-bond acceptors (Lipinski definition) is 5. The number of hydrogen-bond donors (Lipinski definition) is 1. The van der Waals surface area contributed by atoms with Gasteiger partial charge in [0, 0.05) is 20.0 Å². The lowest BCUT2D eigenvalue weighted by atomic mass is 10.2. The number of carbonyl (C=O) groups excluding carboxylic acids is 2. The number of carbonyl (C=O) groups is 2. The van der Waals surface area contributed by atoms with E-state index in [1.165, 1.54) is 14.2 Å². The standard InChI is InChI=1S/C8H14O4.CH4O/c1-11-7(9)5-3-4-6-8(10)12-2;1-2/h3-6H2,1-2H3;2H,1H3.